The van der Waals surface area contributed by atoms with E-state index in [-0.39, 0.29) is 11.8 Å². The molecule has 2 N–H and O–H groups in total. The molecule has 0 spiro atoms. The number of rotatable bonds is 6. The van der Waals surface area contributed by atoms with Gasteiger partial charge in [-0.1, -0.05) is 0 Å². The van der Waals surface area contributed by atoms with Crippen LogP contribution in [0.15, 0.2) is 66.7 Å². The Morgan fingerprint density at radius 3 is 2.06 bits per heavy atom. The van der Waals surface area contributed by atoms with E-state index in [2.05, 4.69) is 15.6 Å². The molecule has 0 unspecified atom stereocenters. The van der Waals surface area contributed by atoms with Gasteiger partial charge < -0.3 is 19.9 Å². The van der Waals surface area contributed by atoms with Gasteiger partial charge in [0.15, 0.2) is 0 Å². The molecule has 0 fully saturated rings. The van der Waals surface area contributed by atoms with E-state index < -0.39 is 0 Å². The second-order valence-electron chi connectivity index (χ2n) is 7.36. The van der Waals surface area contributed by atoms with Crippen molar-refractivity contribution in [1.29, 1.82) is 0 Å². The predicted molar refractivity (Wildman–Crippen MR) is 125 cm³/mol. The van der Waals surface area contributed by atoms with Crippen molar-refractivity contribution in [1.82, 2.24) is 9.55 Å². The highest BCUT2D eigenvalue weighted by atomic mass is 16.5. The second kappa shape index (κ2) is 8.93. The highest BCUT2D eigenvalue weighted by Crippen LogP contribution is 2.19. The molecule has 0 atom stereocenters. The lowest BCUT2D eigenvalue weighted by Gasteiger charge is -2.09. The molecule has 4 rings (SSSR count). The van der Waals surface area contributed by atoms with E-state index in [1.165, 1.54) is 0 Å². The number of ether oxygens (including phenoxy) is 1. The zero-order chi connectivity index (χ0) is 22.7. The standard InChI is InChI=1S/C25H24N4O3/c1-4-32-21-12-10-20(11-13-21)27-24(30)17-5-8-19(9-6-17)28-25(31)18-7-14-23-22(15-18)26-16(2)29(23)3/h5-15H,4H2,1-3H3,(H,27,30)(H,28,31). The van der Waals surface area contributed by atoms with Gasteiger partial charge in [-0.2, -0.15) is 0 Å². The number of hydrogen-bond acceptors (Lipinski definition) is 4. The molecular weight excluding hydrogens is 404 g/mol. The van der Waals surface area contributed by atoms with Gasteiger partial charge in [0.2, 0.25) is 0 Å². The van der Waals surface area contributed by atoms with Gasteiger partial charge in [0.25, 0.3) is 11.8 Å². The zero-order valence-electron chi connectivity index (χ0n) is 18.2. The summed E-state index contributed by atoms with van der Waals surface area (Å²) in [6, 6.07) is 19.4. The molecule has 1 aromatic heterocycles. The minimum absolute atomic E-state index is 0.233. The van der Waals surface area contributed by atoms with Gasteiger partial charge >= 0.3 is 0 Å². The molecule has 1 heterocycles. The summed E-state index contributed by atoms with van der Waals surface area (Å²) >= 11 is 0. The summed E-state index contributed by atoms with van der Waals surface area (Å²) in [4.78, 5) is 29.6. The molecule has 0 saturated carbocycles. The number of hydrogen-bond donors (Lipinski definition) is 2. The molecule has 7 heteroatoms. The quantitative estimate of drug-likeness (QED) is 0.463. The Morgan fingerprint density at radius 1 is 0.875 bits per heavy atom. The largest absolute Gasteiger partial charge is 0.494 e. The molecule has 0 aliphatic heterocycles. The molecule has 2 amide bonds. The van der Waals surface area contributed by atoms with Gasteiger partial charge in [0, 0.05) is 29.5 Å². The van der Waals surface area contributed by atoms with Gasteiger partial charge in [0.1, 0.15) is 11.6 Å². The van der Waals surface area contributed by atoms with Gasteiger partial charge in [-0.15, -0.1) is 0 Å². The van der Waals surface area contributed by atoms with E-state index in [1.807, 2.05) is 31.5 Å². The number of nitrogens with one attached hydrogen (secondary N) is 2. The third kappa shape index (κ3) is 4.46. The fraction of sp³-hybridized carbons (Fsp3) is 0.160. The number of carbonyl (C=O) groups is 2. The summed E-state index contributed by atoms with van der Waals surface area (Å²) < 4.78 is 7.38. The lowest BCUT2D eigenvalue weighted by atomic mass is 10.1. The number of fused-ring (bicyclic) bond motifs is 1. The van der Waals surface area contributed by atoms with Crippen LogP contribution < -0.4 is 15.4 Å². The van der Waals surface area contributed by atoms with Crippen molar-refractivity contribution in [3.05, 3.63) is 83.7 Å². The van der Waals surface area contributed by atoms with Crippen LogP contribution in [0, 0.1) is 6.92 Å². The van der Waals surface area contributed by atoms with E-state index in [4.69, 9.17) is 4.74 Å². The summed E-state index contributed by atoms with van der Waals surface area (Å²) in [5.41, 5.74) is 4.04. The van der Waals surface area contributed by atoms with Crippen molar-refractivity contribution in [2.45, 2.75) is 13.8 Å². The summed E-state index contributed by atoms with van der Waals surface area (Å²) in [6.07, 6.45) is 0. The molecule has 0 bridgehead atoms. The third-order valence-corrected chi connectivity index (χ3v) is 5.19. The van der Waals surface area contributed by atoms with E-state index in [0.29, 0.717) is 29.1 Å². The maximum atomic E-state index is 12.6. The van der Waals surface area contributed by atoms with E-state index in [9.17, 15) is 9.59 Å². The Kier molecular flexibility index (Phi) is 5.89. The molecule has 0 saturated heterocycles. The normalized spacial score (nSPS) is 10.7. The first-order chi connectivity index (χ1) is 15.4. The number of anilines is 2. The van der Waals surface area contributed by atoms with Crippen molar-refractivity contribution in [2.24, 2.45) is 7.05 Å². The number of carbonyl (C=O) groups excluding carboxylic acids is 2. The minimum Gasteiger partial charge on any atom is -0.494 e. The highest BCUT2D eigenvalue weighted by molar-refractivity contribution is 6.07. The average Bonchev–Trinajstić information content (AvgIpc) is 3.08. The number of benzene rings is 3. The SMILES string of the molecule is CCOc1ccc(NC(=O)c2ccc(NC(=O)c3ccc4c(c3)nc(C)n4C)cc2)cc1. The van der Waals surface area contributed by atoms with Crippen molar-refractivity contribution in [2.75, 3.05) is 17.2 Å². The van der Waals surface area contributed by atoms with E-state index in [0.717, 1.165) is 22.6 Å². The minimum atomic E-state index is -0.234. The average molecular weight is 428 g/mol. The molecule has 3 aromatic carbocycles. The molecule has 0 aliphatic rings. The third-order valence-electron chi connectivity index (χ3n) is 5.19. The Balaban J connectivity index is 1.40. The molecule has 0 aliphatic carbocycles. The molecule has 162 valence electrons. The predicted octanol–water partition coefficient (Wildman–Crippen LogP) is 4.79. The first-order valence-corrected chi connectivity index (χ1v) is 10.3. The number of imidazole rings is 1. The first-order valence-electron chi connectivity index (χ1n) is 10.3. The number of aryl methyl sites for hydroxylation is 2. The lowest BCUT2D eigenvalue weighted by Crippen LogP contribution is -2.13. The molecule has 4 aromatic rings. The van der Waals surface area contributed by atoms with Crippen molar-refractivity contribution < 1.29 is 14.3 Å². The zero-order valence-corrected chi connectivity index (χ0v) is 18.2. The van der Waals surface area contributed by atoms with Gasteiger partial charge in [0.05, 0.1) is 17.6 Å². The topological polar surface area (TPSA) is 85.2 Å². The lowest BCUT2D eigenvalue weighted by molar-refractivity contribution is 0.102. The van der Waals surface area contributed by atoms with Crippen LogP contribution in [0.25, 0.3) is 11.0 Å². The Morgan fingerprint density at radius 2 is 1.44 bits per heavy atom. The smallest absolute Gasteiger partial charge is 0.255 e. The maximum absolute atomic E-state index is 12.6. The fourth-order valence-electron chi connectivity index (χ4n) is 3.37. The van der Waals surface area contributed by atoms with Crippen LogP contribution in [0.5, 0.6) is 5.75 Å². The van der Waals surface area contributed by atoms with Crippen LogP contribution in [-0.2, 0) is 7.05 Å². The summed E-state index contributed by atoms with van der Waals surface area (Å²) in [5.74, 6) is 1.17. The summed E-state index contributed by atoms with van der Waals surface area (Å²) in [6.45, 7) is 4.43. The fourth-order valence-corrected chi connectivity index (χ4v) is 3.37. The van der Waals surface area contributed by atoms with Gasteiger partial charge in [-0.3, -0.25) is 9.59 Å². The molecule has 7 nitrogen and oxygen atoms in total. The molecule has 0 radical (unpaired) electrons. The monoisotopic (exact) mass is 428 g/mol. The van der Waals surface area contributed by atoms with Crippen molar-refractivity contribution in [3.8, 4) is 5.75 Å². The Labute approximate surface area is 186 Å². The highest BCUT2D eigenvalue weighted by Gasteiger charge is 2.11. The van der Waals surface area contributed by atoms with Crippen molar-refractivity contribution >= 4 is 34.2 Å². The molecule has 32 heavy (non-hydrogen) atoms. The van der Waals surface area contributed by atoms with Crippen LogP contribution in [0.3, 0.4) is 0 Å². The van der Waals surface area contributed by atoms with Crippen LogP contribution >= 0.6 is 0 Å². The Bertz CT molecular complexity index is 1280. The molecular formula is C25H24N4O3. The van der Waals surface area contributed by atoms with Crippen LogP contribution in [-0.4, -0.2) is 28.0 Å². The maximum Gasteiger partial charge on any atom is 0.255 e. The first kappa shape index (κ1) is 21.1. The van der Waals surface area contributed by atoms with E-state index in [1.54, 1.807) is 60.7 Å². The Hall–Kier alpha value is -4.13. The van der Waals surface area contributed by atoms with Crippen molar-refractivity contribution in [3.63, 3.8) is 0 Å². The van der Waals surface area contributed by atoms with Crippen LogP contribution in [0.4, 0.5) is 11.4 Å². The van der Waals surface area contributed by atoms with Crippen LogP contribution in [0.2, 0.25) is 0 Å². The summed E-state index contributed by atoms with van der Waals surface area (Å²) in [5, 5.41) is 5.71. The number of amides is 2. The number of nitrogens with zero attached hydrogens (tertiary/aromatic N) is 2. The van der Waals surface area contributed by atoms with Gasteiger partial charge in [-0.05, 0) is 80.6 Å². The van der Waals surface area contributed by atoms with E-state index >= 15 is 0 Å². The van der Waals surface area contributed by atoms with Gasteiger partial charge in [-0.25, -0.2) is 4.98 Å². The second-order valence-corrected chi connectivity index (χ2v) is 7.36. The number of aromatic nitrogens is 2. The van der Waals surface area contributed by atoms with Crippen LogP contribution in [0.1, 0.15) is 33.5 Å². The summed E-state index contributed by atoms with van der Waals surface area (Å²) in [7, 11) is 1.94.